The molecular weight excluding hydrogens is 360 g/mol. The van der Waals surface area contributed by atoms with Crippen LogP contribution in [-0.2, 0) is 5.41 Å². The van der Waals surface area contributed by atoms with Crippen molar-refractivity contribution in [2.24, 2.45) is 0 Å². The molecule has 2 aromatic carbocycles. The Bertz CT molecular complexity index is 1050. The lowest BCUT2D eigenvalue weighted by Gasteiger charge is -2.31. The van der Waals surface area contributed by atoms with E-state index in [1.807, 2.05) is 38.1 Å². The van der Waals surface area contributed by atoms with Crippen LogP contribution in [0.15, 0.2) is 46.9 Å². The number of hydrogen-bond donors (Lipinski definition) is 3. The van der Waals surface area contributed by atoms with Crippen molar-refractivity contribution < 1.29 is 29.3 Å². The predicted octanol–water partition coefficient (Wildman–Crippen LogP) is 2.40. The average molecular weight is 382 g/mol. The number of aliphatic hydroxyl groups excluding tert-OH is 3. The molecule has 6 heteroatoms. The van der Waals surface area contributed by atoms with Gasteiger partial charge in [0.2, 0.25) is 0 Å². The van der Waals surface area contributed by atoms with E-state index in [1.165, 1.54) is 0 Å². The zero-order valence-corrected chi connectivity index (χ0v) is 15.7. The van der Waals surface area contributed by atoms with Crippen molar-refractivity contribution in [1.82, 2.24) is 0 Å². The summed E-state index contributed by atoms with van der Waals surface area (Å²) in [6.07, 6.45) is -2.48. The Labute approximate surface area is 162 Å². The number of benzene rings is 2. The van der Waals surface area contributed by atoms with Gasteiger partial charge in [-0.25, -0.2) is 0 Å². The number of ether oxygens (including phenoxy) is 1. The van der Waals surface area contributed by atoms with E-state index in [2.05, 4.69) is 0 Å². The molecule has 2 atom stereocenters. The Morgan fingerprint density at radius 3 is 2.61 bits per heavy atom. The molecule has 146 valence electrons. The first-order valence-electron chi connectivity index (χ1n) is 9.15. The number of fused-ring (bicyclic) bond motifs is 4. The van der Waals surface area contributed by atoms with Crippen LogP contribution < -0.4 is 4.74 Å². The number of carbonyl (C=O) groups excluding carboxylic acids is 1. The molecule has 3 aromatic rings. The van der Waals surface area contributed by atoms with E-state index in [4.69, 9.17) is 14.3 Å². The van der Waals surface area contributed by atoms with Crippen LogP contribution in [0.25, 0.3) is 11.0 Å². The number of carbonyl (C=O) groups is 1. The SMILES string of the molecule is CC1(C)c2cc(OC[C@@H](O)[C@H](O)CO)ccc2C(=O)c2c1oc1ccccc21. The van der Waals surface area contributed by atoms with Crippen molar-refractivity contribution in [3.63, 3.8) is 0 Å². The molecule has 0 unspecified atom stereocenters. The topological polar surface area (TPSA) is 100 Å². The first kappa shape index (κ1) is 18.7. The lowest BCUT2D eigenvalue weighted by atomic mass is 9.72. The summed E-state index contributed by atoms with van der Waals surface area (Å²) in [5.41, 5.74) is 2.09. The summed E-state index contributed by atoms with van der Waals surface area (Å²) in [6, 6.07) is 12.6. The molecule has 0 spiro atoms. The van der Waals surface area contributed by atoms with Crippen LogP contribution in [0, 0.1) is 0 Å². The zero-order valence-electron chi connectivity index (χ0n) is 15.7. The number of para-hydroxylation sites is 1. The molecule has 0 amide bonds. The first-order chi connectivity index (χ1) is 13.3. The Kier molecular flexibility index (Phi) is 4.50. The summed E-state index contributed by atoms with van der Waals surface area (Å²) in [5.74, 6) is 0.999. The van der Waals surface area contributed by atoms with Gasteiger partial charge >= 0.3 is 0 Å². The van der Waals surface area contributed by atoms with Gasteiger partial charge in [0, 0.05) is 16.4 Å². The van der Waals surface area contributed by atoms with Crippen molar-refractivity contribution in [2.75, 3.05) is 13.2 Å². The van der Waals surface area contributed by atoms with E-state index in [9.17, 15) is 15.0 Å². The molecule has 1 heterocycles. The minimum absolute atomic E-state index is 0.0865. The Balaban J connectivity index is 1.73. The lowest BCUT2D eigenvalue weighted by Crippen LogP contribution is -2.34. The van der Waals surface area contributed by atoms with Gasteiger partial charge in [0.05, 0.1) is 12.2 Å². The molecule has 6 nitrogen and oxygen atoms in total. The number of hydrogen-bond acceptors (Lipinski definition) is 6. The number of rotatable bonds is 5. The molecule has 0 aliphatic heterocycles. The van der Waals surface area contributed by atoms with E-state index < -0.39 is 24.2 Å². The van der Waals surface area contributed by atoms with Crippen LogP contribution in [0.4, 0.5) is 0 Å². The van der Waals surface area contributed by atoms with Gasteiger partial charge in [0.25, 0.3) is 0 Å². The molecular formula is C22H22O6. The van der Waals surface area contributed by atoms with Crippen molar-refractivity contribution in [1.29, 1.82) is 0 Å². The second kappa shape index (κ2) is 6.74. The largest absolute Gasteiger partial charge is 0.491 e. The smallest absolute Gasteiger partial charge is 0.197 e. The lowest BCUT2D eigenvalue weighted by molar-refractivity contribution is -0.0339. The van der Waals surface area contributed by atoms with Gasteiger partial charge in [0.1, 0.15) is 35.9 Å². The molecule has 3 N–H and O–H groups in total. The molecule has 1 aromatic heterocycles. The molecule has 0 saturated heterocycles. The van der Waals surface area contributed by atoms with E-state index in [1.54, 1.807) is 18.2 Å². The molecule has 0 saturated carbocycles. The Hall–Kier alpha value is -2.67. The monoisotopic (exact) mass is 382 g/mol. The highest BCUT2D eigenvalue weighted by atomic mass is 16.5. The molecule has 0 bridgehead atoms. The molecule has 28 heavy (non-hydrogen) atoms. The van der Waals surface area contributed by atoms with Crippen molar-refractivity contribution in [3.05, 3.63) is 64.9 Å². The minimum atomic E-state index is -1.27. The predicted molar refractivity (Wildman–Crippen MR) is 103 cm³/mol. The maximum absolute atomic E-state index is 13.2. The quantitative estimate of drug-likeness (QED) is 0.627. The highest BCUT2D eigenvalue weighted by Crippen LogP contribution is 2.46. The maximum Gasteiger partial charge on any atom is 0.197 e. The molecule has 1 aliphatic carbocycles. The third-order valence-electron chi connectivity index (χ3n) is 5.35. The second-order valence-corrected chi connectivity index (χ2v) is 7.59. The van der Waals surface area contributed by atoms with Crippen LogP contribution in [-0.4, -0.2) is 46.5 Å². The summed E-state index contributed by atoms with van der Waals surface area (Å²) in [4.78, 5) is 13.2. The van der Waals surface area contributed by atoms with Crippen molar-refractivity contribution in [2.45, 2.75) is 31.5 Å². The second-order valence-electron chi connectivity index (χ2n) is 7.59. The standard InChI is InChI=1S/C22H22O6/c1-22(2)15-9-12(27-11-17(25)16(24)10-23)7-8-13(15)20(26)19-14-5-3-4-6-18(14)28-21(19)22/h3-9,16-17,23-25H,10-11H2,1-2H3/t16-,17-/m1/s1. The number of aliphatic hydroxyl groups is 3. The molecule has 1 aliphatic rings. The van der Waals surface area contributed by atoms with Crippen molar-refractivity contribution in [3.8, 4) is 5.75 Å². The van der Waals surface area contributed by atoms with Gasteiger partial charge < -0.3 is 24.5 Å². The highest BCUT2D eigenvalue weighted by molar-refractivity contribution is 6.19. The van der Waals surface area contributed by atoms with E-state index in [0.717, 1.165) is 10.9 Å². The maximum atomic E-state index is 13.2. The molecule has 4 rings (SSSR count). The Morgan fingerprint density at radius 2 is 1.86 bits per heavy atom. The van der Waals surface area contributed by atoms with E-state index in [0.29, 0.717) is 28.2 Å². The molecule has 0 fully saturated rings. The van der Waals surface area contributed by atoms with Crippen LogP contribution in [0.5, 0.6) is 5.75 Å². The van der Waals surface area contributed by atoms with Crippen LogP contribution in [0.2, 0.25) is 0 Å². The fraction of sp³-hybridized carbons (Fsp3) is 0.318. The highest BCUT2D eigenvalue weighted by Gasteiger charge is 2.41. The summed E-state index contributed by atoms with van der Waals surface area (Å²) < 4.78 is 11.6. The zero-order chi connectivity index (χ0) is 20.1. The van der Waals surface area contributed by atoms with Gasteiger partial charge in [-0.15, -0.1) is 0 Å². The third-order valence-corrected chi connectivity index (χ3v) is 5.35. The summed E-state index contributed by atoms with van der Waals surface area (Å²) >= 11 is 0. The fourth-order valence-electron chi connectivity index (χ4n) is 3.71. The van der Waals surface area contributed by atoms with Crippen LogP contribution in [0.3, 0.4) is 0 Å². The van der Waals surface area contributed by atoms with Gasteiger partial charge in [-0.05, 0) is 43.7 Å². The van der Waals surface area contributed by atoms with Gasteiger partial charge in [-0.2, -0.15) is 0 Å². The summed E-state index contributed by atoms with van der Waals surface area (Å²) in [5, 5.41) is 28.9. The fourth-order valence-corrected chi connectivity index (χ4v) is 3.71. The average Bonchev–Trinajstić information content (AvgIpc) is 3.10. The van der Waals surface area contributed by atoms with E-state index >= 15 is 0 Å². The van der Waals surface area contributed by atoms with Gasteiger partial charge in [-0.3, -0.25) is 4.79 Å². The third kappa shape index (κ3) is 2.81. The van der Waals surface area contributed by atoms with Crippen molar-refractivity contribution >= 4 is 16.8 Å². The Morgan fingerprint density at radius 1 is 1.11 bits per heavy atom. The molecule has 0 radical (unpaired) electrons. The summed E-state index contributed by atoms with van der Waals surface area (Å²) in [7, 11) is 0. The van der Waals surface area contributed by atoms with Crippen LogP contribution in [0.1, 0.15) is 41.1 Å². The first-order valence-corrected chi connectivity index (χ1v) is 9.15. The summed E-state index contributed by atoms with van der Waals surface area (Å²) in [6.45, 7) is 3.26. The van der Waals surface area contributed by atoms with Gasteiger partial charge in [-0.1, -0.05) is 18.2 Å². The number of furan rings is 1. The van der Waals surface area contributed by atoms with Crippen LogP contribution >= 0.6 is 0 Å². The van der Waals surface area contributed by atoms with E-state index in [-0.39, 0.29) is 12.4 Å². The minimum Gasteiger partial charge on any atom is -0.491 e. The normalized spacial score (nSPS) is 17.1. The van der Waals surface area contributed by atoms with Gasteiger partial charge in [0.15, 0.2) is 5.78 Å². The number of ketones is 1.